The van der Waals surface area contributed by atoms with Crippen LogP contribution in [0.3, 0.4) is 0 Å². The zero-order valence-electron chi connectivity index (χ0n) is 17.3. The van der Waals surface area contributed by atoms with Gasteiger partial charge in [0.15, 0.2) is 0 Å². The summed E-state index contributed by atoms with van der Waals surface area (Å²) < 4.78 is 5.33. The summed E-state index contributed by atoms with van der Waals surface area (Å²) in [6.07, 6.45) is 1.61. The molecule has 1 saturated heterocycles. The number of urea groups is 1. The molecule has 2 amide bonds. The lowest BCUT2D eigenvalue weighted by atomic mass is 10.1. The molecule has 0 atom stereocenters. The van der Waals surface area contributed by atoms with Gasteiger partial charge in [0.05, 0.1) is 10.6 Å². The molecule has 0 radical (unpaired) electrons. The van der Waals surface area contributed by atoms with Crippen molar-refractivity contribution < 1.29 is 14.3 Å². The molecule has 0 aliphatic carbocycles. The van der Waals surface area contributed by atoms with Crippen molar-refractivity contribution in [1.29, 1.82) is 0 Å². The number of hydrogen-bond donors (Lipinski definition) is 2. The van der Waals surface area contributed by atoms with Crippen molar-refractivity contribution in [2.24, 2.45) is 0 Å². The third kappa shape index (κ3) is 4.62. The number of carbonyl (C=O) groups is 1. The summed E-state index contributed by atoms with van der Waals surface area (Å²) in [5, 5.41) is 20.1. The number of aromatic nitrogens is 3. The van der Waals surface area contributed by atoms with Crippen LogP contribution in [0.15, 0.2) is 34.9 Å². The average Bonchev–Trinajstić information content (AvgIpc) is 3.26. The molecule has 3 heterocycles. The van der Waals surface area contributed by atoms with Crippen molar-refractivity contribution in [3.8, 4) is 11.5 Å². The molecule has 9 nitrogen and oxygen atoms in total. The highest BCUT2D eigenvalue weighted by Crippen LogP contribution is 2.29. The minimum absolute atomic E-state index is 0.117. The quantitative estimate of drug-likeness (QED) is 0.638. The Kier molecular flexibility index (Phi) is 6.06. The Morgan fingerprint density at radius 1 is 1.16 bits per heavy atom. The van der Waals surface area contributed by atoms with Crippen LogP contribution in [0.25, 0.3) is 11.5 Å². The Balaban J connectivity index is 1.37. The number of piperazine rings is 1. The van der Waals surface area contributed by atoms with Crippen LogP contribution in [0.4, 0.5) is 16.3 Å². The number of hydrogen-bond acceptors (Lipinski definition) is 7. The highest BCUT2D eigenvalue weighted by molar-refractivity contribution is 6.33. The summed E-state index contributed by atoms with van der Waals surface area (Å²) in [4.78, 5) is 20.9. The molecule has 2 N–H and O–H groups in total. The lowest BCUT2D eigenvalue weighted by Crippen LogP contribution is -2.50. The average molecular weight is 443 g/mol. The Labute approximate surface area is 184 Å². The van der Waals surface area contributed by atoms with E-state index in [9.17, 15) is 4.79 Å². The van der Waals surface area contributed by atoms with Gasteiger partial charge in [-0.15, -0.1) is 10.2 Å². The second-order valence-corrected chi connectivity index (χ2v) is 7.80. The molecule has 1 fully saturated rings. The summed E-state index contributed by atoms with van der Waals surface area (Å²) in [7, 11) is 0. The number of pyridine rings is 1. The largest absolute Gasteiger partial charge is 0.418 e. The van der Waals surface area contributed by atoms with Crippen LogP contribution in [0, 0.1) is 13.8 Å². The standard InChI is InChI=1S/C21H23ClN6O3/c1-13-3-4-16(9-14(13)2)24-21(30)28-7-5-27(6-8-28)19-17(22)10-15(11-23-19)20-26-25-18(12-29)31-20/h3-4,9-11,29H,5-8,12H2,1-2H3,(H,24,30). The van der Waals surface area contributed by atoms with Gasteiger partial charge >= 0.3 is 6.03 Å². The van der Waals surface area contributed by atoms with E-state index in [1.165, 1.54) is 5.56 Å². The van der Waals surface area contributed by atoms with E-state index < -0.39 is 0 Å². The summed E-state index contributed by atoms with van der Waals surface area (Å²) in [5.74, 6) is 1.02. The highest BCUT2D eigenvalue weighted by Gasteiger charge is 2.24. The third-order valence-corrected chi connectivity index (χ3v) is 5.57. The number of benzene rings is 1. The van der Waals surface area contributed by atoms with Crippen LogP contribution in [-0.4, -0.2) is 57.4 Å². The van der Waals surface area contributed by atoms with Crippen molar-refractivity contribution in [3.63, 3.8) is 0 Å². The van der Waals surface area contributed by atoms with Gasteiger partial charge in [0, 0.05) is 38.1 Å². The molecule has 1 aromatic carbocycles. The minimum atomic E-state index is -0.326. The zero-order valence-corrected chi connectivity index (χ0v) is 18.1. The smallest absolute Gasteiger partial charge is 0.321 e. The second-order valence-electron chi connectivity index (χ2n) is 7.39. The van der Waals surface area contributed by atoms with Gasteiger partial charge in [-0.05, 0) is 43.2 Å². The first kappa shape index (κ1) is 21.1. The second kappa shape index (κ2) is 8.91. The number of anilines is 2. The number of nitrogens with zero attached hydrogens (tertiary/aromatic N) is 5. The van der Waals surface area contributed by atoms with Gasteiger partial charge in [0.2, 0.25) is 11.8 Å². The molecule has 162 valence electrons. The molecule has 0 spiro atoms. The highest BCUT2D eigenvalue weighted by atomic mass is 35.5. The summed E-state index contributed by atoms with van der Waals surface area (Å²) in [5.41, 5.74) is 3.70. The monoisotopic (exact) mass is 442 g/mol. The van der Waals surface area contributed by atoms with Crippen molar-refractivity contribution in [3.05, 3.63) is 52.5 Å². The number of aliphatic hydroxyl groups is 1. The fraction of sp³-hybridized carbons (Fsp3) is 0.333. The number of aryl methyl sites for hydroxylation is 2. The van der Waals surface area contributed by atoms with E-state index in [0.29, 0.717) is 42.6 Å². The van der Waals surface area contributed by atoms with E-state index in [2.05, 4.69) is 20.5 Å². The predicted octanol–water partition coefficient (Wildman–Crippen LogP) is 3.25. The number of halogens is 1. The van der Waals surface area contributed by atoms with E-state index in [-0.39, 0.29) is 24.4 Å². The van der Waals surface area contributed by atoms with Crippen molar-refractivity contribution in [2.75, 3.05) is 36.4 Å². The van der Waals surface area contributed by atoms with E-state index in [1.807, 2.05) is 36.9 Å². The van der Waals surface area contributed by atoms with E-state index in [1.54, 1.807) is 17.2 Å². The molecule has 1 aliphatic heterocycles. The van der Waals surface area contributed by atoms with E-state index in [0.717, 1.165) is 11.3 Å². The van der Waals surface area contributed by atoms with Crippen molar-refractivity contribution in [2.45, 2.75) is 20.5 Å². The van der Waals surface area contributed by atoms with Crippen molar-refractivity contribution >= 4 is 29.1 Å². The van der Waals surface area contributed by atoms with Crippen LogP contribution in [-0.2, 0) is 6.61 Å². The van der Waals surface area contributed by atoms with Crippen LogP contribution in [0.2, 0.25) is 5.02 Å². The lowest BCUT2D eigenvalue weighted by Gasteiger charge is -2.35. The maximum absolute atomic E-state index is 12.6. The number of rotatable bonds is 4. The van der Waals surface area contributed by atoms with Gasteiger partial charge in [-0.25, -0.2) is 9.78 Å². The molecule has 0 saturated carbocycles. The number of nitrogens with one attached hydrogen (secondary N) is 1. The third-order valence-electron chi connectivity index (χ3n) is 5.30. The lowest BCUT2D eigenvalue weighted by molar-refractivity contribution is 0.208. The molecule has 3 aromatic rings. The first-order valence-corrected chi connectivity index (χ1v) is 10.3. The molecule has 4 rings (SSSR count). The van der Waals surface area contributed by atoms with Gasteiger partial charge < -0.3 is 24.6 Å². The maximum Gasteiger partial charge on any atom is 0.321 e. The van der Waals surface area contributed by atoms with Crippen LogP contribution < -0.4 is 10.2 Å². The Morgan fingerprint density at radius 2 is 1.94 bits per heavy atom. The SMILES string of the molecule is Cc1ccc(NC(=O)N2CCN(c3ncc(-c4nnc(CO)o4)cc3Cl)CC2)cc1C. The van der Waals surface area contributed by atoms with Crippen LogP contribution in [0.5, 0.6) is 0 Å². The molecular formula is C21H23ClN6O3. The van der Waals surface area contributed by atoms with Crippen LogP contribution in [0.1, 0.15) is 17.0 Å². The Bertz CT molecular complexity index is 1090. The Morgan fingerprint density at radius 3 is 2.58 bits per heavy atom. The molecular weight excluding hydrogens is 420 g/mol. The maximum atomic E-state index is 12.6. The fourth-order valence-corrected chi connectivity index (χ4v) is 3.64. The van der Waals surface area contributed by atoms with Crippen LogP contribution >= 0.6 is 11.6 Å². The summed E-state index contributed by atoms with van der Waals surface area (Å²) in [6, 6.07) is 7.47. The van der Waals surface area contributed by atoms with Gasteiger partial charge in [-0.3, -0.25) is 0 Å². The topological polar surface area (TPSA) is 108 Å². The van der Waals surface area contributed by atoms with E-state index in [4.69, 9.17) is 21.1 Å². The van der Waals surface area contributed by atoms with Gasteiger partial charge in [-0.1, -0.05) is 17.7 Å². The Hall–Kier alpha value is -3.17. The predicted molar refractivity (Wildman–Crippen MR) is 117 cm³/mol. The first-order chi connectivity index (χ1) is 14.9. The molecule has 0 unspecified atom stereocenters. The first-order valence-electron chi connectivity index (χ1n) is 9.92. The van der Waals surface area contributed by atoms with Gasteiger partial charge in [0.25, 0.3) is 0 Å². The number of carbonyl (C=O) groups excluding carboxylic acids is 1. The molecule has 1 aliphatic rings. The molecule has 0 bridgehead atoms. The minimum Gasteiger partial charge on any atom is -0.418 e. The van der Waals surface area contributed by atoms with Crippen molar-refractivity contribution in [1.82, 2.24) is 20.1 Å². The fourth-order valence-electron chi connectivity index (χ4n) is 3.36. The number of amides is 2. The molecule has 2 aromatic heterocycles. The summed E-state index contributed by atoms with van der Waals surface area (Å²) >= 11 is 6.45. The van der Waals surface area contributed by atoms with E-state index >= 15 is 0 Å². The van der Waals surface area contributed by atoms with Gasteiger partial charge in [-0.2, -0.15) is 0 Å². The molecule has 10 heteroatoms. The normalized spacial score (nSPS) is 14.1. The summed E-state index contributed by atoms with van der Waals surface area (Å²) in [6.45, 7) is 6.08. The van der Waals surface area contributed by atoms with Gasteiger partial charge in [0.1, 0.15) is 12.4 Å². The zero-order chi connectivity index (χ0) is 22.0. The number of aliphatic hydroxyl groups excluding tert-OH is 1. The molecule has 31 heavy (non-hydrogen) atoms.